The largest absolute Gasteiger partial charge is 0.756 e. The summed E-state index contributed by atoms with van der Waals surface area (Å²) >= 11 is 0. The standard InChI is InChI=1S/C56H112NO8P/c1-6-8-10-12-14-16-18-20-22-24-26-28-30-32-34-36-38-40-42-44-46-48-55(58)62-52-54(53-64-66(60,61)63-51-50-57(3,4)5)65-56(59)49-47-45-43-41-39-37-35-33-31-29-27-25-23-21-19-17-15-13-11-9-7-2/h54H,6-53H2,1-5H3/t54-/m1/s1. The van der Waals surface area contributed by atoms with Gasteiger partial charge in [0.25, 0.3) is 7.82 Å². The molecule has 0 aliphatic heterocycles. The van der Waals surface area contributed by atoms with Crippen molar-refractivity contribution in [3.63, 3.8) is 0 Å². The van der Waals surface area contributed by atoms with Gasteiger partial charge in [0, 0.05) is 12.8 Å². The third-order valence-corrected chi connectivity index (χ3v) is 14.1. The van der Waals surface area contributed by atoms with Crippen molar-refractivity contribution < 1.29 is 42.1 Å². The van der Waals surface area contributed by atoms with Gasteiger partial charge in [-0.2, -0.15) is 0 Å². The van der Waals surface area contributed by atoms with Gasteiger partial charge in [-0.25, -0.2) is 0 Å². The van der Waals surface area contributed by atoms with Crippen molar-refractivity contribution in [2.24, 2.45) is 0 Å². The number of carbonyl (C=O) groups excluding carboxylic acids is 2. The van der Waals surface area contributed by atoms with Crippen molar-refractivity contribution in [1.29, 1.82) is 0 Å². The van der Waals surface area contributed by atoms with E-state index in [0.29, 0.717) is 17.4 Å². The average molecular weight is 958 g/mol. The number of rotatable bonds is 54. The second-order valence-corrected chi connectivity index (χ2v) is 22.4. The Balaban J connectivity index is 4.12. The number of quaternary nitrogens is 1. The van der Waals surface area contributed by atoms with Crippen LogP contribution >= 0.6 is 7.82 Å². The quantitative estimate of drug-likeness (QED) is 0.0256. The van der Waals surface area contributed by atoms with Gasteiger partial charge in [0.05, 0.1) is 27.7 Å². The molecule has 2 atom stereocenters. The lowest BCUT2D eigenvalue weighted by atomic mass is 10.0. The Kier molecular flexibility index (Phi) is 48.3. The van der Waals surface area contributed by atoms with Gasteiger partial charge < -0.3 is 27.9 Å². The molecule has 0 aromatic heterocycles. The van der Waals surface area contributed by atoms with E-state index < -0.39 is 26.5 Å². The Morgan fingerprint density at radius 2 is 0.682 bits per heavy atom. The van der Waals surface area contributed by atoms with Crippen LogP contribution in [0, 0.1) is 0 Å². The molecule has 0 aliphatic carbocycles. The van der Waals surface area contributed by atoms with Gasteiger partial charge in [0.2, 0.25) is 0 Å². The number of unbranched alkanes of at least 4 members (excludes halogenated alkanes) is 40. The van der Waals surface area contributed by atoms with Gasteiger partial charge in [-0.3, -0.25) is 14.2 Å². The van der Waals surface area contributed by atoms with E-state index in [2.05, 4.69) is 13.8 Å². The molecule has 0 radical (unpaired) electrons. The van der Waals surface area contributed by atoms with Gasteiger partial charge in [-0.1, -0.05) is 271 Å². The van der Waals surface area contributed by atoms with Crippen molar-refractivity contribution in [2.75, 3.05) is 47.5 Å². The van der Waals surface area contributed by atoms with E-state index in [4.69, 9.17) is 18.5 Å². The smallest absolute Gasteiger partial charge is 0.306 e. The fraction of sp³-hybridized carbons (Fsp3) is 0.964. The van der Waals surface area contributed by atoms with E-state index in [1.165, 1.54) is 231 Å². The molecule has 0 fully saturated rings. The lowest BCUT2D eigenvalue weighted by molar-refractivity contribution is -0.870. The Morgan fingerprint density at radius 1 is 0.409 bits per heavy atom. The SMILES string of the molecule is CCCCCCCCCCCCCCCCCCCCCCCC(=O)OC[C@H](COP(=O)([O-])OCC[N+](C)(C)C)OC(=O)CCCCCCCCCCCCCCCCCCCCCCC. The first-order valence-corrected chi connectivity index (χ1v) is 30.2. The van der Waals surface area contributed by atoms with Crippen LogP contribution in [0.5, 0.6) is 0 Å². The molecule has 66 heavy (non-hydrogen) atoms. The number of hydrogen-bond donors (Lipinski definition) is 0. The average Bonchev–Trinajstić information content (AvgIpc) is 3.27. The molecule has 394 valence electrons. The van der Waals surface area contributed by atoms with Gasteiger partial charge in [-0.15, -0.1) is 0 Å². The normalized spacial score (nSPS) is 13.2. The summed E-state index contributed by atoms with van der Waals surface area (Å²) in [4.78, 5) is 37.8. The number of likely N-dealkylation sites (N-methyl/N-ethyl adjacent to an activating group) is 1. The highest BCUT2D eigenvalue weighted by Crippen LogP contribution is 2.38. The number of carbonyl (C=O) groups is 2. The van der Waals surface area contributed by atoms with E-state index >= 15 is 0 Å². The summed E-state index contributed by atoms with van der Waals surface area (Å²) in [6.45, 7) is 4.31. The maximum absolute atomic E-state index is 12.8. The summed E-state index contributed by atoms with van der Waals surface area (Å²) < 4.78 is 34.2. The highest BCUT2D eigenvalue weighted by Gasteiger charge is 2.22. The zero-order valence-corrected chi connectivity index (χ0v) is 45.6. The number of esters is 2. The Bertz CT molecular complexity index is 1080. The van der Waals surface area contributed by atoms with Crippen molar-refractivity contribution in [2.45, 2.75) is 302 Å². The molecule has 0 heterocycles. The van der Waals surface area contributed by atoms with Gasteiger partial charge >= 0.3 is 11.9 Å². The Hall–Kier alpha value is -0.990. The topological polar surface area (TPSA) is 111 Å². The van der Waals surface area contributed by atoms with Crippen LogP contribution < -0.4 is 4.89 Å². The van der Waals surface area contributed by atoms with Crippen molar-refractivity contribution in [3.8, 4) is 0 Å². The third-order valence-electron chi connectivity index (χ3n) is 13.1. The molecule has 0 amide bonds. The van der Waals surface area contributed by atoms with Crippen molar-refractivity contribution in [3.05, 3.63) is 0 Å². The fourth-order valence-corrected chi connectivity index (χ4v) is 9.39. The van der Waals surface area contributed by atoms with Crippen LogP contribution in [-0.4, -0.2) is 70.0 Å². The molecule has 0 saturated heterocycles. The molecule has 10 heteroatoms. The Morgan fingerprint density at radius 3 is 0.970 bits per heavy atom. The second-order valence-electron chi connectivity index (χ2n) is 21.0. The molecule has 0 N–H and O–H groups in total. The molecule has 0 saturated carbocycles. The lowest BCUT2D eigenvalue weighted by Crippen LogP contribution is -2.37. The number of phosphoric ester groups is 1. The molecule has 0 aromatic carbocycles. The summed E-state index contributed by atoms with van der Waals surface area (Å²) in [5.41, 5.74) is 0. The zero-order valence-electron chi connectivity index (χ0n) is 44.7. The van der Waals surface area contributed by atoms with Crippen molar-refractivity contribution in [1.82, 2.24) is 0 Å². The predicted octanol–water partition coefficient (Wildman–Crippen LogP) is 16.9. The molecule has 9 nitrogen and oxygen atoms in total. The number of hydrogen-bond acceptors (Lipinski definition) is 8. The number of ether oxygens (including phenoxy) is 2. The molecule has 0 spiro atoms. The lowest BCUT2D eigenvalue weighted by Gasteiger charge is -2.28. The van der Waals surface area contributed by atoms with Crippen LogP contribution in [0.25, 0.3) is 0 Å². The van der Waals surface area contributed by atoms with Gasteiger partial charge in [-0.05, 0) is 12.8 Å². The van der Waals surface area contributed by atoms with E-state index in [-0.39, 0.29) is 32.0 Å². The molecule has 1 unspecified atom stereocenters. The fourth-order valence-electron chi connectivity index (χ4n) is 8.66. The van der Waals surface area contributed by atoms with Crippen LogP contribution in [0.2, 0.25) is 0 Å². The predicted molar refractivity (Wildman–Crippen MR) is 278 cm³/mol. The summed E-state index contributed by atoms with van der Waals surface area (Å²) in [5, 5.41) is 0. The van der Waals surface area contributed by atoms with Crippen molar-refractivity contribution >= 4 is 19.8 Å². The highest BCUT2D eigenvalue weighted by atomic mass is 31.2. The molecule has 0 bridgehead atoms. The molecule has 0 aromatic rings. The van der Waals surface area contributed by atoms with E-state index in [1.54, 1.807) is 0 Å². The summed E-state index contributed by atoms with van der Waals surface area (Å²) in [6, 6.07) is 0. The maximum atomic E-state index is 12.8. The first-order valence-electron chi connectivity index (χ1n) is 28.7. The van der Waals surface area contributed by atoms with E-state index in [1.807, 2.05) is 21.1 Å². The van der Waals surface area contributed by atoms with Crippen LogP contribution in [0.15, 0.2) is 0 Å². The monoisotopic (exact) mass is 958 g/mol. The zero-order chi connectivity index (χ0) is 48.5. The number of nitrogens with zero attached hydrogens (tertiary/aromatic N) is 1. The van der Waals surface area contributed by atoms with Crippen LogP contribution in [0.1, 0.15) is 296 Å². The maximum Gasteiger partial charge on any atom is 0.306 e. The molecule has 0 aliphatic rings. The summed E-state index contributed by atoms with van der Waals surface area (Å²) in [7, 11) is 1.19. The van der Waals surface area contributed by atoms with E-state index in [0.717, 1.165) is 32.1 Å². The number of phosphoric acid groups is 1. The highest BCUT2D eigenvalue weighted by molar-refractivity contribution is 7.45. The van der Waals surface area contributed by atoms with Crippen LogP contribution in [-0.2, 0) is 32.7 Å². The first-order chi connectivity index (χ1) is 32.0. The summed E-state index contributed by atoms with van der Waals surface area (Å²) in [6.07, 6.45) is 54.3. The van der Waals surface area contributed by atoms with Gasteiger partial charge in [0.15, 0.2) is 6.10 Å². The summed E-state index contributed by atoms with van der Waals surface area (Å²) in [5.74, 6) is -0.809. The second kappa shape index (κ2) is 49.0. The molecule has 0 rings (SSSR count). The molecular weight excluding hydrogens is 846 g/mol. The molecular formula is C56H112NO8P. The van der Waals surface area contributed by atoms with Gasteiger partial charge in [0.1, 0.15) is 19.8 Å². The van der Waals surface area contributed by atoms with Crippen LogP contribution in [0.3, 0.4) is 0 Å². The Labute approximate surface area is 410 Å². The van der Waals surface area contributed by atoms with E-state index in [9.17, 15) is 19.0 Å². The minimum Gasteiger partial charge on any atom is -0.756 e. The first kappa shape index (κ1) is 65.0. The third kappa shape index (κ3) is 52.4. The minimum absolute atomic E-state index is 0.0251. The van der Waals surface area contributed by atoms with Crippen LogP contribution in [0.4, 0.5) is 0 Å². The minimum atomic E-state index is -4.63.